The highest BCUT2D eigenvalue weighted by Crippen LogP contribution is 2.33. The Morgan fingerprint density at radius 1 is 0.868 bits per heavy atom. The van der Waals surface area contributed by atoms with Gasteiger partial charge in [-0.25, -0.2) is 9.97 Å². The van der Waals surface area contributed by atoms with Crippen LogP contribution < -0.4 is 16.4 Å². The van der Waals surface area contributed by atoms with Crippen molar-refractivity contribution in [2.45, 2.75) is 44.2 Å². The van der Waals surface area contributed by atoms with Crippen LogP contribution in [0.5, 0.6) is 0 Å². The summed E-state index contributed by atoms with van der Waals surface area (Å²) in [6, 6.07) is 4.06. The third kappa shape index (κ3) is 9.54. The number of imide groups is 2. The molecule has 3 aromatic rings. The monoisotopic (exact) mass is 737 g/mol. The van der Waals surface area contributed by atoms with E-state index in [4.69, 9.17) is 30.8 Å². The van der Waals surface area contributed by atoms with Crippen molar-refractivity contribution in [3.63, 3.8) is 0 Å². The second-order valence-electron chi connectivity index (χ2n) is 12.8. The van der Waals surface area contributed by atoms with Crippen molar-refractivity contribution < 1.29 is 44.2 Å². The van der Waals surface area contributed by atoms with E-state index in [9.17, 15) is 19.2 Å². The number of ether oxygens (including phenoxy) is 5. The fourth-order valence-corrected chi connectivity index (χ4v) is 6.80. The normalized spacial score (nSPS) is 19.3. The largest absolute Gasteiger partial charge is 0.382 e. The van der Waals surface area contributed by atoms with Gasteiger partial charge in [0, 0.05) is 44.2 Å². The van der Waals surface area contributed by atoms with Crippen LogP contribution in [0.3, 0.4) is 0 Å². The van der Waals surface area contributed by atoms with Crippen molar-refractivity contribution in [3.05, 3.63) is 53.7 Å². The van der Waals surface area contributed by atoms with Gasteiger partial charge in [0.15, 0.2) is 0 Å². The van der Waals surface area contributed by atoms with E-state index in [2.05, 4.69) is 25.5 Å². The highest BCUT2D eigenvalue weighted by Gasteiger charge is 2.45. The Morgan fingerprint density at radius 2 is 1.57 bits per heavy atom. The minimum atomic E-state index is -1.01. The summed E-state index contributed by atoms with van der Waals surface area (Å²) in [7, 11) is 0. The van der Waals surface area contributed by atoms with Crippen molar-refractivity contribution in [1.82, 2.24) is 29.5 Å². The van der Waals surface area contributed by atoms with Gasteiger partial charge in [-0.05, 0) is 44.4 Å². The first-order valence-electron chi connectivity index (χ1n) is 18.7. The molecule has 0 radical (unpaired) electrons. The number of imidazole rings is 1. The lowest BCUT2D eigenvalue weighted by Gasteiger charge is -2.27. The van der Waals surface area contributed by atoms with Crippen LogP contribution in [0.15, 0.2) is 36.8 Å². The van der Waals surface area contributed by atoms with E-state index in [1.54, 1.807) is 24.4 Å². The van der Waals surface area contributed by atoms with E-state index < -0.39 is 29.7 Å². The number of aromatic nitrogens is 3. The Bertz CT molecular complexity index is 1790. The molecular weight excluding hydrogens is 688 g/mol. The SMILES string of the molecule is [2H]c1nc([C@@H]2CCCN2CCCOCCOCCOCCOCCOCCNc2cccc3c2C(=O)N(C2CCC(=O)NC2=O)C3=O)n2ccnc(N)c12. The number of rotatable bonds is 22. The lowest BCUT2D eigenvalue weighted by atomic mass is 10.0. The number of nitrogen functional groups attached to an aromatic ring is 1. The van der Waals surface area contributed by atoms with E-state index >= 15 is 0 Å². The van der Waals surface area contributed by atoms with E-state index in [1.807, 2.05) is 10.6 Å². The third-order valence-electron chi connectivity index (χ3n) is 9.35. The topological polar surface area (TPSA) is 201 Å². The van der Waals surface area contributed by atoms with Gasteiger partial charge in [-0.2, -0.15) is 0 Å². The molecule has 0 aliphatic carbocycles. The van der Waals surface area contributed by atoms with Crippen molar-refractivity contribution in [3.8, 4) is 0 Å². The lowest BCUT2D eigenvalue weighted by molar-refractivity contribution is -0.136. The summed E-state index contributed by atoms with van der Waals surface area (Å²) >= 11 is 0. The van der Waals surface area contributed by atoms with Crippen LogP contribution in [-0.2, 0) is 33.3 Å². The van der Waals surface area contributed by atoms with Gasteiger partial charge in [-0.15, -0.1) is 0 Å². The van der Waals surface area contributed by atoms with Crippen LogP contribution in [-0.4, -0.2) is 140 Å². The Kier molecular flexibility index (Phi) is 13.2. The molecule has 5 heterocycles. The predicted octanol–water partition coefficient (Wildman–Crippen LogP) is 1.43. The van der Waals surface area contributed by atoms with Crippen molar-refractivity contribution in [1.29, 1.82) is 0 Å². The predicted molar refractivity (Wildman–Crippen MR) is 191 cm³/mol. The molecule has 6 rings (SSSR count). The number of likely N-dealkylation sites (tertiary alicyclic amines) is 1. The highest BCUT2D eigenvalue weighted by atomic mass is 16.6. The van der Waals surface area contributed by atoms with E-state index in [-0.39, 0.29) is 36.2 Å². The van der Waals surface area contributed by atoms with Gasteiger partial charge in [-0.3, -0.25) is 38.7 Å². The zero-order valence-corrected chi connectivity index (χ0v) is 29.8. The lowest BCUT2D eigenvalue weighted by Crippen LogP contribution is -2.54. The highest BCUT2D eigenvalue weighted by molar-refractivity contribution is 6.25. The maximum atomic E-state index is 13.2. The molecule has 17 nitrogen and oxygen atoms in total. The van der Waals surface area contributed by atoms with Gasteiger partial charge in [0.05, 0.1) is 84.2 Å². The minimum absolute atomic E-state index is 0.0660. The molecule has 1 aromatic carbocycles. The zero-order chi connectivity index (χ0) is 37.9. The number of fused-ring (bicyclic) bond motifs is 2. The molecule has 1 unspecified atom stereocenters. The van der Waals surface area contributed by atoms with Crippen molar-refractivity contribution >= 4 is 40.7 Å². The number of amides is 4. The summed E-state index contributed by atoms with van der Waals surface area (Å²) in [5.74, 6) is -0.996. The molecule has 0 spiro atoms. The summed E-state index contributed by atoms with van der Waals surface area (Å²) in [5, 5.41) is 5.34. The molecule has 2 saturated heterocycles. The number of nitrogens with one attached hydrogen (secondary N) is 2. The number of piperidine rings is 1. The molecule has 3 aliphatic heterocycles. The van der Waals surface area contributed by atoms with Gasteiger partial charge in [0.1, 0.15) is 23.2 Å². The van der Waals surface area contributed by atoms with Crippen molar-refractivity contribution in [2.24, 2.45) is 0 Å². The summed E-state index contributed by atoms with van der Waals surface area (Å²) < 4.78 is 38.2. The molecule has 2 aromatic heterocycles. The minimum Gasteiger partial charge on any atom is -0.382 e. The molecule has 3 aliphatic rings. The second-order valence-corrected chi connectivity index (χ2v) is 12.8. The molecule has 4 N–H and O–H groups in total. The summed E-state index contributed by atoms with van der Waals surface area (Å²) in [5.41, 5.74) is 7.46. The average molecular weight is 738 g/mol. The van der Waals surface area contributed by atoms with Gasteiger partial charge in [0.25, 0.3) is 11.8 Å². The molecule has 2 atom stereocenters. The number of carbonyl (C=O) groups excluding carboxylic acids is 4. The van der Waals surface area contributed by atoms with Crippen LogP contribution in [0.4, 0.5) is 11.5 Å². The number of anilines is 2. The van der Waals surface area contributed by atoms with Gasteiger partial charge < -0.3 is 34.7 Å². The average Bonchev–Trinajstić information content (AvgIpc) is 3.83. The van der Waals surface area contributed by atoms with E-state index in [0.717, 1.165) is 43.1 Å². The Labute approximate surface area is 308 Å². The summed E-state index contributed by atoms with van der Waals surface area (Å²) in [6.45, 7) is 6.76. The third-order valence-corrected chi connectivity index (χ3v) is 9.35. The van der Waals surface area contributed by atoms with Crippen LogP contribution in [0, 0.1) is 0 Å². The number of hydrogen-bond donors (Lipinski definition) is 3. The summed E-state index contributed by atoms with van der Waals surface area (Å²) in [4.78, 5) is 61.9. The van der Waals surface area contributed by atoms with Crippen molar-refractivity contribution in [2.75, 3.05) is 96.8 Å². The molecular formula is C36H48N8O9. The van der Waals surface area contributed by atoms with Crippen LogP contribution >= 0.6 is 0 Å². The van der Waals surface area contributed by atoms with Crippen LogP contribution in [0.2, 0.25) is 0 Å². The van der Waals surface area contributed by atoms with Gasteiger partial charge in [0.2, 0.25) is 11.8 Å². The number of hydrogen-bond acceptors (Lipinski definition) is 14. The number of nitrogens with zero attached hydrogens (tertiary/aromatic N) is 5. The molecule has 0 bridgehead atoms. The molecule has 17 heteroatoms. The first-order chi connectivity index (χ1) is 26.3. The Hall–Kier alpha value is -4.52. The number of nitrogens with two attached hydrogens (primary N) is 1. The Morgan fingerprint density at radius 3 is 2.28 bits per heavy atom. The van der Waals surface area contributed by atoms with Crippen LogP contribution in [0.25, 0.3) is 5.52 Å². The molecule has 4 amide bonds. The maximum absolute atomic E-state index is 13.2. The first-order valence-corrected chi connectivity index (χ1v) is 18.2. The smallest absolute Gasteiger partial charge is 0.264 e. The quantitative estimate of drug-likeness (QED) is 0.0988. The molecule has 53 heavy (non-hydrogen) atoms. The maximum Gasteiger partial charge on any atom is 0.264 e. The molecule has 2 fully saturated rings. The fraction of sp³-hybridized carbons (Fsp3) is 0.556. The molecule has 286 valence electrons. The summed E-state index contributed by atoms with van der Waals surface area (Å²) in [6.07, 6.45) is 6.76. The first kappa shape index (κ1) is 36.8. The van der Waals surface area contributed by atoms with Crippen LogP contribution in [0.1, 0.15) is 66.1 Å². The number of carbonyl (C=O) groups is 4. The Balaban J connectivity index is 0.737. The molecule has 0 saturated carbocycles. The van der Waals surface area contributed by atoms with Gasteiger partial charge >= 0.3 is 0 Å². The zero-order valence-electron chi connectivity index (χ0n) is 30.8. The van der Waals surface area contributed by atoms with Gasteiger partial charge in [-0.1, -0.05) is 6.07 Å². The van der Waals surface area contributed by atoms with E-state index in [1.165, 1.54) is 0 Å². The number of benzene rings is 1. The fourth-order valence-electron chi connectivity index (χ4n) is 6.80. The van der Waals surface area contributed by atoms with E-state index in [0.29, 0.717) is 89.6 Å². The standard InChI is InChI=1S/C36H48N8O9/c37-32-29-24-40-33(43(29)13-9-39-32)27-6-2-11-42(27)12-3-14-49-16-18-51-20-22-53-23-21-52-19-17-50-15-10-38-26-5-1-4-25-31(26)36(48)44(35(25)47)28-7-8-30(45)41-34(28)46/h1,4-5,9,13,24,27-28,38H,2-3,6-8,10-12,14-23H2,(H2,37,39)(H,41,45,46)/t27-,28?/m0/s1/i24D. The second kappa shape index (κ2) is 19.0.